The van der Waals surface area contributed by atoms with Crippen molar-refractivity contribution in [3.8, 4) is 17.6 Å². The minimum absolute atomic E-state index is 0.467. The van der Waals surface area contributed by atoms with Gasteiger partial charge in [0.05, 0.1) is 20.3 Å². The molecule has 0 aliphatic carbocycles. The van der Waals surface area contributed by atoms with Gasteiger partial charge in [-0.3, -0.25) is 0 Å². The number of nitrogens with one attached hydrogen (secondary N) is 1. The average molecular weight is 347 g/mol. The van der Waals surface area contributed by atoms with Crippen LogP contribution in [-0.4, -0.2) is 14.2 Å². The lowest BCUT2D eigenvalue weighted by molar-refractivity contribution is 0.354. The molecule has 0 aliphatic heterocycles. The topological polar surface area (TPSA) is 54.3 Å². The number of benzene rings is 2. The summed E-state index contributed by atoms with van der Waals surface area (Å²) in [5, 5.41) is 12.6. The minimum atomic E-state index is -0.467. The summed E-state index contributed by atoms with van der Waals surface area (Å²) in [4.78, 5) is 0. The third kappa shape index (κ3) is 3.67. The fraction of sp³-hybridized carbons (Fsp3) is 0.188. The van der Waals surface area contributed by atoms with Crippen molar-refractivity contribution in [3.05, 3.63) is 52.5 Å². The van der Waals surface area contributed by atoms with E-state index in [0.29, 0.717) is 11.5 Å². The first-order valence-corrected chi connectivity index (χ1v) is 7.11. The molecule has 1 atom stereocenters. The molecule has 21 heavy (non-hydrogen) atoms. The summed E-state index contributed by atoms with van der Waals surface area (Å²) in [5.74, 6) is 1.24. The molecule has 2 aromatic rings. The molecule has 1 N–H and O–H groups in total. The Bertz CT molecular complexity index is 650. The molecule has 0 radical (unpaired) electrons. The summed E-state index contributed by atoms with van der Waals surface area (Å²) in [7, 11) is 3.16. The van der Waals surface area contributed by atoms with Gasteiger partial charge in [-0.1, -0.05) is 22.0 Å². The van der Waals surface area contributed by atoms with Crippen LogP contribution in [0, 0.1) is 11.3 Å². The molecule has 0 heterocycles. The molecule has 4 nitrogen and oxygen atoms in total. The largest absolute Gasteiger partial charge is 0.493 e. The summed E-state index contributed by atoms with van der Waals surface area (Å²) in [6, 6.07) is 14.9. The van der Waals surface area contributed by atoms with Gasteiger partial charge in [-0.15, -0.1) is 0 Å². The van der Waals surface area contributed by atoms with Crippen molar-refractivity contribution in [2.75, 3.05) is 19.5 Å². The molecule has 0 amide bonds. The van der Waals surface area contributed by atoms with Crippen LogP contribution in [-0.2, 0) is 0 Å². The van der Waals surface area contributed by atoms with Crippen molar-refractivity contribution >= 4 is 21.6 Å². The third-order valence-corrected chi connectivity index (χ3v) is 3.55. The zero-order valence-electron chi connectivity index (χ0n) is 11.8. The maximum absolute atomic E-state index is 9.39. The van der Waals surface area contributed by atoms with Gasteiger partial charge in [0.1, 0.15) is 6.04 Å². The average Bonchev–Trinajstić information content (AvgIpc) is 2.53. The Morgan fingerprint density at radius 3 is 2.29 bits per heavy atom. The number of hydrogen-bond acceptors (Lipinski definition) is 4. The van der Waals surface area contributed by atoms with E-state index in [4.69, 9.17) is 9.47 Å². The highest BCUT2D eigenvalue weighted by Crippen LogP contribution is 2.31. The van der Waals surface area contributed by atoms with Gasteiger partial charge in [0.25, 0.3) is 0 Å². The highest BCUT2D eigenvalue weighted by atomic mass is 79.9. The van der Waals surface area contributed by atoms with E-state index >= 15 is 0 Å². The van der Waals surface area contributed by atoms with Crippen LogP contribution in [0.3, 0.4) is 0 Å². The smallest absolute Gasteiger partial charge is 0.161 e. The second-order valence-electron chi connectivity index (χ2n) is 4.33. The van der Waals surface area contributed by atoms with E-state index < -0.39 is 6.04 Å². The first kappa shape index (κ1) is 15.2. The SMILES string of the molecule is COc1ccc(C(C#N)Nc2ccc(Br)cc2)cc1OC. The number of rotatable bonds is 5. The van der Waals surface area contributed by atoms with Gasteiger partial charge >= 0.3 is 0 Å². The van der Waals surface area contributed by atoms with E-state index in [9.17, 15) is 5.26 Å². The standard InChI is InChI=1S/C16H15BrN2O2/c1-20-15-8-3-11(9-16(15)21-2)14(10-18)19-13-6-4-12(17)5-7-13/h3-9,14,19H,1-2H3. The molecule has 5 heteroatoms. The summed E-state index contributed by atoms with van der Waals surface area (Å²) < 4.78 is 11.5. The first-order valence-electron chi connectivity index (χ1n) is 6.31. The van der Waals surface area contributed by atoms with Crippen LogP contribution in [0.4, 0.5) is 5.69 Å². The van der Waals surface area contributed by atoms with Crippen molar-refractivity contribution in [1.29, 1.82) is 5.26 Å². The van der Waals surface area contributed by atoms with Gasteiger partial charge in [0, 0.05) is 10.2 Å². The lowest BCUT2D eigenvalue weighted by Gasteiger charge is -2.15. The van der Waals surface area contributed by atoms with Gasteiger partial charge < -0.3 is 14.8 Å². The molecule has 0 bridgehead atoms. The summed E-state index contributed by atoms with van der Waals surface area (Å²) >= 11 is 3.39. The molecule has 2 rings (SSSR count). The predicted molar refractivity (Wildman–Crippen MR) is 85.7 cm³/mol. The lowest BCUT2D eigenvalue weighted by Crippen LogP contribution is -2.08. The molecule has 0 aliphatic rings. The van der Waals surface area contributed by atoms with Crippen molar-refractivity contribution < 1.29 is 9.47 Å². The van der Waals surface area contributed by atoms with Crippen LogP contribution >= 0.6 is 15.9 Å². The van der Waals surface area contributed by atoms with Crippen molar-refractivity contribution in [3.63, 3.8) is 0 Å². The number of nitriles is 1. The molecule has 0 saturated carbocycles. The molecular weight excluding hydrogens is 332 g/mol. The molecule has 1 unspecified atom stereocenters. The Balaban J connectivity index is 2.25. The Kier molecular flexibility index (Phi) is 5.07. The van der Waals surface area contributed by atoms with Gasteiger partial charge in [0.2, 0.25) is 0 Å². The van der Waals surface area contributed by atoms with Gasteiger partial charge in [-0.25, -0.2) is 0 Å². The molecule has 108 valence electrons. The van der Waals surface area contributed by atoms with Crippen molar-refractivity contribution in [1.82, 2.24) is 0 Å². The second-order valence-corrected chi connectivity index (χ2v) is 5.24. The maximum Gasteiger partial charge on any atom is 0.161 e. The zero-order valence-corrected chi connectivity index (χ0v) is 13.3. The number of methoxy groups -OCH3 is 2. The van der Waals surface area contributed by atoms with Crippen LogP contribution in [0.5, 0.6) is 11.5 Å². The summed E-state index contributed by atoms with van der Waals surface area (Å²) in [6.45, 7) is 0. The van der Waals surface area contributed by atoms with E-state index in [1.165, 1.54) is 0 Å². The highest BCUT2D eigenvalue weighted by Gasteiger charge is 2.13. The Morgan fingerprint density at radius 2 is 1.71 bits per heavy atom. The molecule has 0 spiro atoms. The summed E-state index contributed by atoms with van der Waals surface area (Å²) in [5.41, 5.74) is 1.69. The number of ether oxygens (including phenoxy) is 2. The van der Waals surface area contributed by atoms with Gasteiger partial charge in [-0.2, -0.15) is 5.26 Å². The third-order valence-electron chi connectivity index (χ3n) is 3.03. The zero-order chi connectivity index (χ0) is 15.2. The van der Waals surface area contributed by atoms with E-state index in [2.05, 4.69) is 27.3 Å². The number of halogens is 1. The first-order chi connectivity index (χ1) is 10.2. The number of anilines is 1. The summed E-state index contributed by atoms with van der Waals surface area (Å²) in [6.07, 6.45) is 0. The monoisotopic (exact) mass is 346 g/mol. The van der Waals surface area contributed by atoms with Crippen LogP contribution in [0.25, 0.3) is 0 Å². The Hall–Kier alpha value is -2.19. The Labute approximate surface area is 132 Å². The van der Waals surface area contributed by atoms with Gasteiger partial charge in [-0.05, 0) is 42.0 Å². The molecule has 0 saturated heterocycles. The molecule has 0 aromatic heterocycles. The van der Waals surface area contributed by atoms with Crippen molar-refractivity contribution in [2.45, 2.75) is 6.04 Å². The maximum atomic E-state index is 9.39. The fourth-order valence-corrected chi connectivity index (χ4v) is 2.20. The molecule has 2 aromatic carbocycles. The second kappa shape index (κ2) is 7.00. The highest BCUT2D eigenvalue weighted by molar-refractivity contribution is 9.10. The van der Waals surface area contributed by atoms with E-state index in [1.807, 2.05) is 30.3 Å². The van der Waals surface area contributed by atoms with Crippen LogP contribution in [0.1, 0.15) is 11.6 Å². The Morgan fingerprint density at radius 1 is 1.05 bits per heavy atom. The van der Waals surface area contributed by atoms with E-state index in [0.717, 1.165) is 15.7 Å². The van der Waals surface area contributed by atoms with Gasteiger partial charge in [0.15, 0.2) is 11.5 Å². The molecule has 0 fully saturated rings. The number of nitrogens with zero attached hydrogens (tertiary/aromatic N) is 1. The van der Waals surface area contributed by atoms with E-state index in [1.54, 1.807) is 26.4 Å². The lowest BCUT2D eigenvalue weighted by atomic mass is 10.1. The normalized spacial score (nSPS) is 11.3. The van der Waals surface area contributed by atoms with Crippen LogP contribution in [0.15, 0.2) is 46.9 Å². The van der Waals surface area contributed by atoms with Crippen molar-refractivity contribution in [2.24, 2.45) is 0 Å². The van der Waals surface area contributed by atoms with Crippen LogP contribution < -0.4 is 14.8 Å². The van der Waals surface area contributed by atoms with E-state index in [-0.39, 0.29) is 0 Å². The van der Waals surface area contributed by atoms with Crippen LogP contribution in [0.2, 0.25) is 0 Å². The quantitative estimate of drug-likeness (QED) is 0.883. The minimum Gasteiger partial charge on any atom is -0.493 e. The molecular formula is C16H15BrN2O2. The predicted octanol–water partition coefficient (Wildman–Crippen LogP) is 4.14. The fourth-order valence-electron chi connectivity index (χ4n) is 1.94. The number of hydrogen-bond donors (Lipinski definition) is 1.